The Morgan fingerprint density at radius 1 is 0.780 bits per heavy atom. The summed E-state index contributed by atoms with van der Waals surface area (Å²) in [5.41, 5.74) is 1.25. The third kappa shape index (κ3) is 13.0. The summed E-state index contributed by atoms with van der Waals surface area (Å²) >= 11 is 0. The van der Waals surface area contributed by atoms with Gasteiger partial charge in [-0.15, -0.1) is 0 Å². The lowest BCUT2D eigenvalue weighted by Crippen LogP contribution is -2.35. The number of aliphatic hydroxyl groups excluding tert-OH is 2. The first-order valence-electron chi connectivity index (χ1n) is 14.0. The van der Waals surface area contributed by atoms with Gasteiger partial charge in [0.25, 0.3) is 0 Å². The Hall–Kier alpha value is -3.00. The summed E-state index contributed by atoms with van der Waals surface area (Å²) in [4.78, 5) is 35.1. The number of carboxylic acids is 2. The summed E-state index contributed by atoms with van der Waals surface area (Å²) in [7, 11) is 0. The zero-order chi connectivity index (χ0) is 30.0. The molecule has 4 N–H and O–H groups in total. The molecule has 41 heavy (non-hydrogen) atoms. The zero-order valence-electron chi connectivity index (χ0n) is 24.0. The van der Waals surface area contributed by atoms with Crippen LogP contribution in [-0.2, 0) is 16.0 Å². The van der Waals surface area contributed by atoms with E-state index in [0.717, 1.165) is 12.8 Å². The van der Waals surface area contributed by atoms with E-state index in [-0.39, 0.29) is 30.6 Å². The second-order valence-electron chi connectivity index (χ2n) is 10.0. The first-order chi connectivity index (χ1) is 19.7. The maximum atomic E-state index is 11.5. The lowest BCUT2D eigenvalue weighted by Gasteiger charge is -2.31. The Balaban J connectivity index is 1.81. The maximum Gasteiger partial charge on any atom is 0.354 e. The maximum absolute atomic E-state index is 11.5. The van der Waals surface area contributed by atoms with E-state index in [1.165, 1.54) is 12.1 Å². The molecule has 0 aliphatic carbocycles. The summed E-state index contributed by atoms with van der Waals surface area (Å²) < 4.78 is 11.5. The van der Waals surface area contributed by atoms with Crippen LogP contribution in [0.4, 0.5) is 0 Å². The van der Waals surface area contributed by atoms with Crippen molar-refractivity contribution in [1.29, 1.82) is 0 Å². The number of ether oxygens (including phenoxy) is 2. The second-order valence-corrected chi connectivity index (χ2v) is 10.0. The van der Waals surface area contributed by atoms with Crippen molar-refractivity contribution in [3.05, 3.63) is 59.2 Å². The highest BCUT2D eigenvalue weighted by atomic mass is 16.5. The van der Waals surface area contributed by atoms with Crippen LogP contribution >= 0.6 is 0 Å². The fraction of sp³-hybridized carbons (Fsp3) is 0.586. The molecule has 0 spiro atoms. The van der Waals surface area contributed by atoms with Crippen molar-refractivity contribution in [2.24, 2.45) is 5.92 Å². The Bertz CT molecular complexity index is 1050. The average Bonchev–Trinajstić information content (AvgIpc) is 2.94. The predicted molar refractivity (Wildman–Crippen MR) is 152 cm³/mol. The van der Waals surface area contributed by atoms with Crippen LogP contribution in [0, 0.1) is 5.92 Å². The van der Waals surface area contributed by atoms with Crippen LogP contribution in [-0.4, -0.2) is 118 Å². The van der Waals surface area contributed by atoms with Crippen molar-refractivity contribution >= 4 is 11.9 Å². The topological polar surface area (TPSA) is 166 Å². The average molecular weight is 577 g/mol. The van der Waals surface area contributed by atoms with E-state index in [2.05, 4.69) is 28.7 Å². The fourth-order valence-corrected chi connectivity index (χ4v) is 4.34. The van der Waals surface area contributed by atoms with Crippen LogP contribution in [0.2, 0.25) is 0 Å². The highest BCUT2D eigenvalue weighted by molar-refractivity contribution is 5.85. The van der Waals surface area contributed by atoms with Gasteiger partial charge in [-0.2, -0.15) is 0 Å². The molecule has 0 radical (unpaired) electrons. The number of pyridine rings is 2. The molecule has 0 aromatic carbocycles. The molecule has 0 aliphatic heterocycles. The normalized spacial score (nSPS) is 12.4. The van der Waals surface area contributed by atoms with Crippen molar-refractivity contribution in [2.45, 2.75) is 39.3 Å². The fourth-order valence-electron chi connectivity index (χ4n) is 4.34. The van der Waals surface area contributed by atoms with E-state index in [1.54, 1.807) is 18.2 Å². The number of aromatic nitrogens is 2. The predicted octanol–water partition coefficient (Wildman–Crippen LogP) is 2.17. The number of carboxylic acid groups (broad SMARTS) is 2. The largest absolute Gasteiger partial charge is 0.477 e. The molecule has 12 heteroatoms. The van der Waals surface area contributed by atoms with Gasteiger partial charge in [-0.05, 0) is 43.0 Å². The van der Waals surface area contributed by atoms with E-state index in [1.807, 2.05) is 11.0 Å². The van der Waals surface area contributed by atoms with Gasteiger partial charge < -0.3 is 29.9 Å². The number of rotatable bonds is 22. The number of carbonyl (C=O) groups is 2. The molecule has 0 bridgehead atoms. The molecule has 2 aromatic rings. The molecule has 2 aromatic heterocycles. The van der Waals surface area contributed by atoms with Crippen LogP contribution in [0.1, 0.15) is 65.1 Å². The summed E-state index contributed by atoms with van der Waals surface area (Å²) in [6.45, 7) is 8.02. The quantitative estimate of drug-likeness (QED) is 0.151. The zero-order valence-corrected chi connectivity index (χ0v) is 24.0. The molecule has 12 nitrogen and oxygen atoms in total. The van der Waals surface area contributed by atoms with Crippen LogP contribution in [0.25, 0.3) is 0 Å². The van der Waals surface area contributed by atoms with Crippen LogP contribution < -0.4 is 0 Å². The van der Waals surface area contributed by atoms with Gasteiger partial charge in [0.15, 0.2) is 0 Å². The monoisotopic (exact) mass is 576 g/mol. The molecule has 2 rings (SSSR count). The number of aromatic carboxylic acids is 2. The second kappa shape index (κ2) is 19.2. The lowest BCUT2D eigenvalue weighted by atomic mass is 9.99. The number of hydrogen-bond acceptors (Lipinski definition) is 10. The third-order valence-corrected chi connectivity index (χ3v) is 6.45. The van der Waals surface area contributed by atoms with E-state index >= 15 is 0 Å². The summed E-state index contributed by atoms with van der Waals surface area (Å²) in [5, 5.41) is 37.6. The molecule has 0 saturated heterocycles. The standard InChI is InChI=1S/C29H44N4O8/c1-22(2)9-10-27(24-6-4-8-26(31-24)29(38)39)33(12-16-35)14-18-41-20-19-40-17-13-32(11-15-34)21-23-5-3-7-25(30-23)28(36)37/h3-8,22,27,34-35H,9-21H2,1-2H3,(H,36,37)(H,38,39). The van der Waals surface area contributed by atoms with Gasteiger partial charge in [-0.1, -0.05) is 26.0 Å². The molecule has 1 atom stereocenters. The molecule has 0 amide bonds. The van der Waals surface area contributed by atoms with Gasteiger partial charge in [-0.25, -0.2) is 19.6 Å². The van der Waals surface area contributed by atoms with Gasteiger partial charge in [0.2, 0.25) is 0 Å². The van der Waals surface area contributed by atoms with Gasteiger partial charge >= 0.3 is 11.9 Å². The molecule has 1 unspecified atom stereocenters. The minimum absolute atomic E-state index is 0.00279. The molecular formula is C29H44N4O8. The number of nitrogens with zero attached hydrogens (tertiary/aromatic N) is 4. The first-order valence-corrected chi connectivity index (χ1v) is 14.0. The van der Waals surface area contributed by atoms with Gasteiger partial charge in [-0.3, -0.25) is 9.80 Å². The van der Waals surface area contributed by atoms with Crippen LogP contribution in [0.15, 0.2) is 36.4 Å². The van der Waals surface area contributed by atoms with Gasteiger partial charge in [0.1, 0.15) is 11.4 Å². The van der Waals surface area contributed by atoms with E-state index < -0.39 is 11.9 Å². The van der Waals surface area contributed by atoms with Crippen molar-refractivity contribution in [1.82, 2.24) is 19.8 Å². The van der Waals surface area contributed by atoms with Crippen molar-refractivity contribution in [3.8, 4) is 0 Å². The molecule has 228 valence electrons. The van der Waals surface area contributed by atoms with Gasteiger partial charge in [0, 0.05) is 32.7 Å². The molecule has 2 heterocycles. The highest BCUT2D eigenvalue weighted by Gasteiger charge is 2.23. The minimum Gasteiger partial charge on any atom is -0.477 e. The molecule has 0 aliphatic rings. The first kappa shape index (κ1) is 34.2. The Kier molecular flexibility index (Phi) is 16.0. The van der Waals surface area contributed by atoms with Crippen molar-refractivity contribution in [3.63, 3.8) is 0 Å². The van der Waals surface area contributed by atoms with Crippen molar-refractivity contribution < 1.29 is 39.5 Å². The van der Waals surface area contributed by atoms with Crippen LogP contribution in [0.3, 0.4) is 0 Å². The van der Waals surface area contributed by atoms with E-state index in [9.17, 15) is 24.9 Å². The number of hydrogen-bond donors (Lipinski definition) is 4. The smallest absolute Gasteiger partial charge is 0.354 e. The Morgan fingerprint density at radius 3 is 2.00 bits per heavy atom. The summed E-state index contributed by atoms with van der Waals surface area (Å²) in [6, 6.07) is 9.69. The molecule has 0 fully saturated rings. The summed E-state index contributed by atoms with van der Waals surface area (Å²) in [6.07, 6.45) is 1.70. The highest BCUT2D eigenvalue weighted by Crippen LogP contribution is 2.26. The van der Waals surface area contributed by atoms with Crippen molar-refractivity contribution in [2.75, 3.05) is 65.8 Å². The molecular weight excluding hydrogens is 532 g/mol. The Morgan fingerprint density at radius 2 is 1.39 bits per heavy atom. The summed E-state index contributed by atoms with van der Waals surface area (Å²) in [5.74, 6) is -1.70. The Labute approximate surface area is 241 Å². The molecule has 0 saturated carbocycles. The minimum atomic E-state index is -1.08. The lowest BCUT2D eigenvalue weighted by molar-refractivity contribution is 0.0215. The van der Waals surface area contributed by atoms with Gasteiger partial charge in [0.05, 0.1) is 57.1 Å². The SMILES string of the molecule is CC(C)CCC(c1cccc(C(=O)O)n1)N(CCO)CCOCCOCCN(CCO)Cc1cccc(C(=O)O)n1. The third-order valence-electron chi connectivity index (χ3n) is 6.45. The van der Waals surface area contributed by atoms with E-state index in [0.29, 0.717) is 76.5 Å². The van der Waals surface area contributed by atoms with E-state index in [4.69, 9.17) is 14.6 Å². The number of aliphatic hydroxyl groups is 2. The van der Waals surface area contributed by atoms with Crippen LogP contribution in [0.5, 0.6) is 0 Å².